The van der Waals surface area contributed by atoms with Gasteiger partial charge in [-0.25, -0.2) is 0 Å². The molecule has 21 heavy (non-hydrogen) atoms. The molecule has 0 atom stereocenters. The Morgan fingerprint density at radius 3 is 2.43 bits per heavy atom. The van der Waals surface area contributed by atoms with E-state index in [1.165, 1.54) is 15.3 Å². The zero-order valence-corrected chi connectivity index (χ0v) is 13.6. The van der Waals surface area contributed by atoms with E-state index in [1.54, 1.807) is 0 Å². The Labute approximate surface area is 130 Å². The highest BCUT2D eigenvalue weighted by molar-refractivity contribution is 7.12. The molecule has 0 aliphatic heterocycles. The third-order valence-corrected chi connectivity index (χ3v) is 4.37. The fourth-order valence-corrected chi connectivity index (χ4v) is 3.10. The first-order valence-electron chi connectivity index (χ1n) is 7.18. The van der Waals surface area contributed by atoms with E-state index in [0.717, 1.165) is 18.7 Å². The predicted octanol–water partition coefficient (Wildman–Crippen LogP) is 3.19. The van der Waals surface area contributed by atoms with Crippen LogP contribution in [0.2, 0.25) is 0 Å². The van der Waals surface area contributed by atoms with E-state index in [2.05, 4.69) is 30.5 Å². The maximum atomic E-state index is 11.9. The second-order valence-corrected chi connectivity index (χ2v) is 6.70. The standard InChI is InChI=1S/C17H22N2OS/c1-12-4-6-15(7-5-12)17(20)19-9-8-18-11-16-10-13(2)21-14(16)3/h4-7,10,18H,8-9,11H2,1-3H3,(H,19,20). The molecule has 1 aromatic carbocycles. The average Bonchev–Trinajstić information content (AvgIpc) is 2.77. The summed E-state index contributed by atoms with van der Waals surface area (Å²) >= 11 is 1.83. The van der Waals surface area contributed by atoms with Crippen molar-refractivity contribution in [3.05, 3.63) is 56.8 Å². The van der Waals surface area contributed by atoms with Crippen LogP contribution in [-0.4, -0.2) is 19.0 Å². The predicted molar refractivity (Wildman–Crippen MR) is 89.0 cm³/mol. The fourth-order valence-electron chi connectivity index (χ4n) is 2.15. The molecule has 2 rings (SSSR count). The van der Waals surface area contributed by atoms with Crippen molar-refractivity contribution >= 4 is 17.2 Å². The number of aryl methyl sites for hydroxylation is 3. The lowest BCUT2D eigenvalue weighted by atomic mass is 10.1. The molecule has 0 aliphatic carbocycles. The van der Waals surface area contributed by atoms with Gasteiger partial charge in [-0.05, 0) is 44.5 Å². The Bertz CT molecular complexity index is 602. The average molecular weight is 302 g/mol. The lowest BCUT2D eigenvalue weighted by Crippen LogP contribution is -2.31. The first-order valence-corrected chi connectivity index (χ1v) is 7.99. The summed E-state index contributed by atoms with van der Waals surface area (Å²) < 4.78 is 0. The number of hydrogen-bond donors (Lipinski definition) is 2. The molecule has 3 nitrogen and oxygen atoms in total. The summed E-state index contributed by atoms with van der Waals surface area (Å²) in [6, 6.07) is 9.84. The number of carbonyl (C=O) groups excluding carboxylic acids is 1. The molecule has 0 spiro atoms. The highest BCUT2D eigenvalue weighted by Gasteiger charge is 2.04. The molecule has 0 unspecified atom stereocenters. The summed E-state index contributed by atoms with van der Waals surface area (Å²) in [5.41, 5.74) is 3.22. The van der Waals surface area contributed by atoms with Crippen molar-refractivity contribution < 1.29 is 4.79 Å². The van der Waals surface area contributed by atoms with Gasteiger partial charge in [0.2, 0.25) is 0 Å². The number of benzene rings is 1. The van der Waals surface area contributed by atoms with E-state index in [9.17, 15) is 4.79 Å². The van der Waals surface area contributed by atoms with Crippen molar-refractivity contribution in [3.63, 3.8) is 0 Å². The Morgan fingerprint density at radius 2 is 1.81 bits per heavy atom. The summed E-state index contributed by atoms with van der Waals surface area (Å²) in [7, 11) is 0. The maximum Gasteiger partial charge on any atom is 0.251 e. The van der Waals surface area contributed by atoms with Gasteiger partial charge in [0.05, 0.1) is 0 Å². The summed E-state index contributed by atoms with van der Waals surface area (Å²) in [4.78, 5) is 14.6. The highest BCUT2D eigenvalue weighted by Crippen LogP contribution is 2.19. The van der Waals surface area contributed by atoms with E-state index < -0.39 is 0 Å². The van der Waals surface area contributed by atoms with Crippen molar-refractivity contribution in [2.75, 3.05) is 13.1 Å². The number of nitrogens with one attached hydrogen (secondary N) is 2. The van der Waals surface area contributed by atoms with Gasteiger partial charge in [0.25, 0.3) is 5.91 Å². The molecule has 1 aromatic heterocycles. The van der Waals surface area contributed by atoms with E-state index in [-0.39, 0.29) is 5.91 Å². The van der Waals surface area contributed by atoms with Crippen LogP contribution < -0.4 is 10.6 Å². The number of hydrogen-bond acceptors (Lipinski definition) is 3. The topological polar surface area (TPSA) is 41.1 Å². The summed E-state index contributed by atoms with van der Waals surface area (Å²) in [6.45, 7) is 8.55. The number of carbonyl (C=O) groups is 1. The van der Waals surface area contributed by atoms with Crippen LogP contribution in [0.3, 0.4) is 0 Å². The van der Waals surface area contributed by atoms with Gasteiger partial charge in [0.1, 0.15) is 0 Å². The van der Waals surface area contributed by atoms with Crippen molar-refractivity contribution in [1.82, 2.24) is 10.6 Å². The van der Waals surface area contributed by atoms with Crippen LogP contribution >= 0.6 is 11.3 Å². The molecular weight excluding hydrogens is 280 g/mol. The van der Waals surface area contributed by atoms with Gasteiger partial charge in [-0.2, -0.15) is 0 Å². The Balaban J connectivity index is 1.69. The summed E-state index contributed by atoms with van der Waals surface area (Å²) in [5, 5.41) is 6.29. The zero-order chi connectivity index (χ0) is 15.2. The quantitative estimate of drug-likeness (QED) is 0.805. The minimum Gasteiger partial charge on any atom is -0.351 e. The molecule has 112 valence electrons. The van der Waals surface area contributed by atoms with Crippen LogP contribution in [0.5, 0.6) is 0 Å². The van der Waals surface area contributed by atoms with Crippen LogP contribution in [0.25, 0.3) is 0 Å². The third kappa shape index (κ3) is 4.69. The second kappa shape index (κ2) is 7.38. The fraction of sp³-hybridized carbons (Fsp3) is 0.353. The zero-order valence-electron chi connectivity index (χ0n) is 12.8. The molecule has 4 heteroatoms. The van der Waals surface area contributed by atoms with E-state index in [4.69, 9.17) is 0 Å². The molecule has 0 saturated heterocycles. The molecule has 0 radical (unpaired) electrons. The lowest BCUT2D eigenvalue weighted by Gasteiger charge is -2.07. The van der Waals surface area contributed by atoms with Crippen LogP contribution in [0.15, 0.2) is 30.3 Å². The van der Waals surface area contributed by atoms with E-state index in [1.807, 2.05) is 42.5 Å². The number of amides is 1. The minimum absolute atomic E-state index is 0.0145. The minimum atomic E-state index is -0.0145. The van der Waals surface area contributed by atoms with Gasteiger partial charge in [-0.15, -0.1) is 11.3 Å². The van der Waals surface area contributed by atoms with Crippen LogP contribution in [0.1, 0.15) is 31.2 Å². The number of rotatable bonds is 6. The molecule has 0 bridgehead atoms. The Hall–Kier alpha value is -1.65. The third-order valence-electron chi connectivity index (χ3n) is 3.36. The molecule has 0 fully saturated rings. The maximum absolute atomic E-state index is 11.9. The Morgan fingerprint density at radius 1 is 1.10 bits per heavy atom. The molecule has 1 amide bonds. The molecule has 0 aliphatic rings. The van der Waals surface area contributed by atoms with Gasteiger partial charge < -0.3 is 10.6 Å². The van der Waals surface area contributed by atoms with Gasteiger partial charge in [0, 0.05) is 35.0 Å². The first kappa shape index (κ1) is 15.7. The molecule has 2 aromatic rings. The van der Waals surface area contributed by atoms with Gasteiger partial charge in [0.15, 0.2) is 0 Å². The van der Waals surface area contributed by atoms with Crippen LogP contribution in [0.4, 0.5) is 0 Å². The highest BCUT2D eigenvalue weighted by atomic mass is 32.1. The van der Waals surface area contributed by atoms with E-state index in [0.29, 0.717) is 12.1 Å². The molecule has 2 N–H and O–H groups in total. The van der Waals surface area contributed by atoms with E-state index >= 15 is 0 Å². The lowest BCUT2D eigenvalue weighted by molar-refractivity contribution is 0.0954. The van der Waals surface area contributed by atoms with Crippen molar-refractivity contribution in [1.29, 1.82) is 0 Å². The van der Waals surface area contributed by atoms with Crippen molar-refractivity contribution in [3.8, 4) is 0 Å². The molecular formula is C17H22N2OS. The van der Waals surface area contributed by atoms with Gasteiger partial charge in [-0.3, -0.25) is 4.79 Å². The Kier molecular flexibility index (Phi) is 5.53. The van der Waals surface area contributed by atoms with Gasteiger partial charge >= 0.3 is 0 Å². The van der Waals surface area contributed by atoms with Gasteiger partial charge in [-0.1, -0.05) is 17.7 Å². The van der Waals surface area contributed by atoms with Crippen molar-refractivity contribution in [2.24, 2.45) is 0 Å². The molecule has 1 heterocycles. The summed E-state index contributed by atoms with van der Waals surface area (Å²) in [6.07, 6.45) is 0. The normalized spacial score (nSPS) is 10.6. The second-order valence-electron chi connectivity index (χ2n) is 5.24. The SMILES string of the molecule is Cc1ccc(C(=O)NCCNCc2cc(C)sc2C)cc1. The first-order chi connectivity index (χ1) is 10.1. The summed E-state index contributed by atoms with van der Waals surface area (Å²) in [5.74, 6) is -0.0145. The largest absolute Gasteiger partial charge is 0.351 e. The van der Waals surface area contributed by atoms with Crippen molar-refractivity contribution in [2.45, 2.75) is 27.3 Å². The van der Waals surface area contributed by atoms with Crippen LogP contribution in [0, 0.1) is 20.8 Å². The number of thiophene rings is 1. The van der Waals surface area contributed by atoms with Crippen LogP contribution in [-0.2, 0) is 6.54 Å². The smallest absolute Gasteiger partial charge is 0.251 e. The monoisotopic (exact) mass is 302 g/mol. The molecule has 0 saturated carbocycles.